The summed E-state index contributed by atoms with van der Waals surface area (Å²) < 4.78 is 1.51. The lowest BCUT2D eigenvalue weighted by molar-refractivity contribution is 0.0952. The number of para-hydroxylation sites is 1. The monoisotopic (exact) mass is 439 g/mol. The summed E-state index contributed by atoms with van der Waals surface area (Å²) in [6.07, 6.45) is 4.52. The first-order valence-electron chi connectivity index (χ1n) is 8.93. The molecule has 0 bridgehead atoms. The molecule has 2 aromatic carbocycles. The van der Waals surface area contributed by atoms with Crippen LogP contribution in [0.1, 0.15) is 10.4 Å². The van der Waals surface area contributed by atoms with Crippen molar-refractivity contribution in [1.29, 1.82) is 0 Å². The summed E-state index contributed by atoms with van der Waals surface area (Å²) >= 11 is 12.4. The van der Waals surface area contributed by atoms with Gasteiger partial charge in [0.25, 0.3) is 11.5 Å². The van der Waals surface area contributed by atoms with E-state index in [2.05, 4.69) is 20.6 Å². The number of benzene rings is 2. The van der Waals surface area contributed by atoms with E-state index in [-0.39, 0.29) is 11.5 Å². The molecule has 1 aliphatic heterocycles. The third kappa shape index (κ3) is 3.85. The zero-order valence-corrected chi connectivity index (χ0v) is 17.0. The Bertz CT molecular complexity index is 1290. The number of carbonyl (C=O) groups is 1. The third-order valence-corrected chi connectivity index (χ3v) is 5.06. The summed E-state index contributed by atoms with van der Waals surface area (Å²) in [5, 5.41) is 7.55. The van der Waals surface area contributed by atoms with Crippen LogP contribution < -0.4 is 16.2 Å². The summed E-state index contributed by atoms with van der Waals surface area (Å²) in [4.78, 5) is 31.2. The first-order chi connectivity index (χ1) is 14.6. The number of carbonyl (C=O) groups excluding carboxylic acids is 1. The lowest BCUT2D eigenvalue weighted by Gasteiger charge is -2.15. The molecule has 150 valence electrons. The van der Waals surface area contributed by atoms with Crippen LogP contribution in [0, 0.1) is 0 Å². The van der Waals surface area contributed by atoms with Gasteiger partial charge in [0, 0.05) is 23.5 Å². The van der Waals surface area contributed by atoms with Gasteiger partial charge in [-0.25, -0.2) is 9.97 Å². The molecule has 7 nitrogen and oxygen atoms in total. The van der Waals surface area contributed by atoms with E-state index < -0.39 is 0 Å². The molecule has 4 aromatic rings. The molecule has 5 rings (SSSR count). The molecule has 0 radical (unpaired) electrons. The summed E-state index contributed by atoms with van der Waals surface area (Å²) in [6.45, 7) is 0.433. The molecule has 0 unspecified atom stereocenters. The van der Waals surface area contributed by atoms with Crippen molar-refractivity contribution in [3.8, 4) is 5.69 Å². The molecule has 0 spiro atoms. The Labute approximate surface area is 181 Å². The van der Waals surface area contributed by atoms with Gasteiger partial charge in [-0.05, 0) is 18.2 Å². The van der Waals surface area contributed by atoms with Crippen molar-refractivity contribution in [2.45, 2.75) is 0 Å². The number of hydrogen-bond acceptors (Lipinski definition) is 5. The van der Waals surface area contributed by atoms with Gasteiger partial charge in [-0.1, -0.05) is 53.5 Å². The molecule has 2 aromatic heterocycles. The molecule has 1 amide bonds. The molecular weight excluding hydrogens is 425 g/mol. The Kier molecular flexibility index (Phi) is 5.65. The van der Waals surface area contributed by atoms with Crippen molar-refractivity contribution in [3.05, 3.63) is 93.2 Å². The van der Waals surface area contributed by atoms with Gasteiger partial charge in [0.05, 0.1) is 22.1 Å². The minimum atomic E-state index is -0.170. The molecule has 0 saturated carbocycles. The van der Waals surface area contributed by atoms with Crippen LogP contribution in [0.4, 0.5) is 5.82 Å². The van der Waals surface area contributed by atoms with E-state index in [1.807, 2.05) is 30.3 Å². The van der Waals surface area contributed by atoms with Crippen molar-refractivity contribution in [1.82, 2.24) is 19.9 Å². The smallest absolute Gasteiger partial charge is 0.264 e. The number of nitrogens with one attached hydrogen (secondary N) is 2. The van der Waals surface area contributed by atoms with Crippen LogP contribution in [0.2, 0.25) is 10.0 Å². The fraction of sp³-hybridized carbons (Fsp3) is 0.0476. The van der Waals surface area contributed by atoms with Gasteiger partial charge in [0.1, 0.15) is 17.7 Å². The molecule has 0 fully saturated rings. The second kappa shape index (κ2) is 8.52. The zero-order valence-electron chi connectivity index (χ0n) is 15.5. The summed E-state index contributed by atoms with van der Waals surface area (Å²) in [5.74, 6) is 0.475. The maximum Gasteiger partial charge on any atom is 0.264 e. The summed E-state index contributed by atoms with van der Waals surface area (Å²) in [5.41, 5.74) is 1.09. The zero-order chi connectivity index (χ0) is 21.1. The Hall–Kier alpha value is -3.42. The number of aromatic nitrogens is 3. The third-order valence-electron chi connectivity index (χ3n) is 4.44. The first kappa shape index (κ1) is 19.9. The highest BCUT2D eigenvalue weighted by Gasteiger charge is 2.16. The Balaban J connectivity index is 0.000000168. The van der Waals surface area contributed by atoms with Crippen molar-refractivity contribution in [2.75, 3.05) is 12.0 Å². The van der Waals surface area contributed by atoms with Crippen molar-refractivity contribution < 1.29 is 4.79 Å². The average molecular weight is 440 g/mol. The quantitative estimate of drug-likeness (QED) is 0.469. The molecule has 3 heterocycles. The highest BCUT2D eigenvalue weighted by Crippen LogP contribution is 2.26. The molecule has 30 heavy (non-hydrogen) atoms. The van der Waals surface area contributed by atoms with Crippen molar-refractivity contribution in [3.63, 3.8) is 0 Å². The lowest BCUT2D eigenvalue weighted by Crippen LogP contribution is -2.35. The van der Waals surface area contributed by atoms with Crippen LogP contribution in [0.5, 0.6) is 0 Å². The van der Waals surface area contributed by atoms with E-state index in [1.165, 1.54) is 17.1 Å². The van der Waals surface area contributed by atoms with Gasteiger partial charge in [0.15, 0.2) is 0 Å². The lowest BCUT2D eigenvalue weighted by atomic mass is 10.1. The number of amides is 1. The van der Waals surface area contributed by atoms with Gasteiger partial charge in [-0.15, -0.1) is 0 Å². The van der Waals surface area contributed by atoms with E-state index in [9.17, 15) is 9.59 Å². The first-order valence-corrected chi connectivity index (χ1v) is 9.68. The van der Waals surface area contributed by atoms with Gasteiger partial charge in [-0.2, -0.15) is 0 Å². The molecule has 0 saturated heterocycles. The average Bonchev–Trinajstić information content (AvgIpc) is 2.78. The number of nitrogens with zero attached hydrogens (tertiary/aromatic N) is 3. The van der Waals surface area contributed by atoms with Crippen molar-refractivity contribution in [2.24, 2.45) is 0 Å². The van der Waals surface area contributed by atoms with Crippen LogP contribution in [0.25, 0.3) is 16.5 Å². The Morgan fingerprint density at radius 3 is 2.50 bits per heavy atom. The Morgan fingerprint density at radius 2 is 1.73 bits per heavy atom. The second-order valence-corrected chi connectivity index (χ2v) is 7.11. The Morgan fingerprint density at radius 1 is 0.933 bits per heavy atom. The SMILES string of the molecule is O=C1NCNc2ncncc21.O=c1c2c(Cl)cccc2c(Cl)cn1-c1ccccc1. The number of pyridine rings is 1. The fourth-order valence-corrected chi connectivity index (χ4v) is 3.53. The highest BCUT2D eigenvalue weighted by molar-refractivity contribution is 6.39. The summed E-state index contributed by atoms with van der Waals surface area (Å²) in [6, 6.07) is 14.6. The molecule has 2 N–H and O–H groups in total. The maximum absolute atomic E-state index is 12.5. The predicted molar refractivity (Wildman–Crippen MR) is 118 cm³/mol. The van der Waals surface area contributed by atoms with Crippen molar-refractivity contribution >= 4 is 45.7 Å². The molecule has 0 atom stereocenters. The predicted octanol–water partition coefficient (Wildman–Crippen LogP) is 3.89. The largest absolute Gasteiger partial charge is 0.352 e. The molecule has 1 aliphatic rings. The number of fused-ring (bicyclic) bond motifs is 2. The van der Waals surface area contributed by atoms with E-state index >= 15 is 0 Å². The van der Waals surface area contributed by atoms with Gasteiger partial charge < -0.3 is 10.6 Å². The number of anilines is 1. The standard InChI is InChI=1S/C15H9Cl2NO.C6H6N4O/c16-12-8-4-7-11-13(17)9-18(15(19)14(11)12)10-5-2-1-3-6-10;11-6-4-1-7-2-8-5(4)9-3-10-6/h1-9H;1-2H,3H2,(H,10,11)(H,7,8,9). The second-order valence-electron chi connectivity index (χ2n) is 6.29. The number of halogens is 2. The van der Waals surface area contributed by atoms with Crippen LogP contribution in [-0.2, 0) is 0 Å². The van der Waals surface area contributed by atoms with Crippen LogP contribution >= 0.6 is 23.2 Å². The minimum absolute atomic E-state index is 0.126. The summed E-state index contributed by atoms with van der Waals surface area (Å²) in [7, 11) is 0. The van der Waals surface area contributed by atoms with Crippen LogP contribution in [-0.4, -0.2) is 27.1 Å². The number of rotatable bonds is 1. The van der Waals surface area contributed by atoms with E-state index in [0.29, 0.717) is 38.9 Å². The van der Waals surface area contributed by atoms with Gasteiger partial charge >= 0.3 is 0 Å². The minimum Gasteiger partial charge on any atom is -0.352 e. The maximum atomic E-state index is 12.5. The molecular formula is C21H15Cl2N5O2. The topological polar surface area (TPSA) is 88.9 Å². The van der Waals surface area contributed by atoms with E-state index in [1.54, 1.807) is 24.4 Å². The molecule has 0 aliphatic carbocycles. The fourth-order valence-electron chi connectivity index (χ4n) is 3.02. The van der Waals surface area contributed by atoms with Crippen LogP contribution in [0.15, 0.2) is 72.0 Å². The van der Waals surface area contributed by atoms with Gasteiger partial charge in [0.2, 0.25) is 0 Å². The normalized spacial score (nSPS) is 12.3. The number of hydrogen-bond donors (Lipinski definition) is 2. The van der Waals surface area contributed by atoms with E-state index in [4.69, 9.17) is 23.2 Å². The highest BCUT2D eigenvalue weighted by atomic mass is 35.5. The molecule has 9 heteroatoms. The van der Waals surface area contributed by atoms with Crippen LogP contribution in [0.3, 0.4) is 0 Å². The van der Waals surface area contributed by atoms with E-state index in [0.717, 1.165) is 5.69 Å². The van der Waals surface area contributed by atoms with Gasteiger partial charge in [-0.3, -0.25) is 14.2 Å².